The molecule has 1 nitrogen and oxygen atoms in total. The van der Waals surface area contributed by atoms with E-state index in [0.717, 1.165) is 5.56 Å². The fourth-order valence-electron chi connectivity index (χ4n) is 0.865. The minimum atomic E-state index is -0.617. The van der Waals surface area contributed by atoms with E-state index in [1.165, 1.54) is 0 Å². The van der Waals surface area contributed by atoms with Crippen LogP contribution in [0.3, 0.4) is 0 Å². The van der Waals surface area contributed by atoms with Crippen molar-refractivity contribution in [1.29, 1.82) is 0 Å². The van der Waals surface area contributed by atoms with Crippen LogP contribution in [-0.2, 0) is 9.12 Å². The Kier molecular flexibility index (Phi) is 3.07. The van der Waals surface area contributed by atoms with Gasteiger partial charge >= 0.3 is 0 Å². The zero-order valence-electron chi connectivity index (χ0n) is 6.55. The number of halogens is 2. The summed E-state index contributed by atoms with van der Waals surface area (Å²) < 4.78 is -0.685. The number of alkyl halides is 1. The Morgan fingerprint density at radius 3 is 2.25 bits per heavy atom. The zero-order valence-corrected chi connectivity index (χ0v) is 9.72. The van der Waals surface area contributed by atoms with E-state index in [9.17, 15) is 4.79 Å². The Labute approximate surface area is 88.4 Å². The molecule has 1 aromatic carbocycles. The van der Waals surface area contributed by atoms with Gasteiger partial charge in [-0.15, -0.1) is 0 Å². The van der Waals surface area contributed by atoms with Gasteiger partial charge in [-0.3, -0.25) is 4.79 Å². The van der Waals surface area contributed by atoms with Crippen molar-refractivity contribution in [2.45, 2.75) is 11.2 Å². The molecule has 0 N–H and O–H groups in total. The molecule has 12 heavy (non-hydrogen) atoms. The minimum Gasteiger partial charge on any atom is -0.285 e. The van der Waals surface area contributed by atoms with Crippen LogP contribution < -0.4 is 0 Å². The molecular weight excluding hydrogens is 284 g/mol. The molecule has 0 fully saturated rings. The molecular formula is C9H8Br2O. The van der Waals surface area contributed by atoms with Crippen LogP contribution in [0.1, 0.15) is 12.5 Å². The Bertz CT molecular complexity index is 280. The van der Waals surface area contributed by atoms with Crippen LogP contribution in [0.4, 0.5) is 0 Å². The number of carbonyl (C=O) groups excluding carboxylic acids is 1. The molecule has 1 aromatic rings. The molecule has 0 aromatic heterocycles. The largest absolute Gasteiger partial charge is 0.285 e. The second-order valence-electron chi connectivity index (χ2n) is 2.64. The third kappa shape index (κ3) is 1.96. The van der Waals surface area contributed by atoms with Crippen molar-refractivity contribution >= 4 is 36.6 Å². The Morgan fingerprint density at radius 1 is 1.33 bits per heavy atom. The van der Waals surface area contributed by atoms with E-state index in [2.05, 4.69) is 31.9 Å². The van der Waals surface area contributed by atoms with Crippen molar-refractivity contribution in [1.82, 2.24) is 0 Å². The lowest BCUT2D eigenvalue weighted by atomic mass is 10.0. The van der Waals surface area contributed by atoms with E-state index >= 15 is 0 Å². The van der Waals surface area contributed by atoms with Crippen molar-refractivity contribution in [3.8, 4) is 0 Å². The summed E-state index contributed by atoms with van der Waals surface area (Å²) in [6.45, 7) is 1.82. The van der Waals surface area contributed by atoms with E-state index in [0.29, 0.717) is 0 Å². The molecule has 64 valence electrons. The van der Waals surface area contributed by atoms with E-state index in [1.807, 2.05) is 37.3 Å². The lowest BCUT2D eigenvalue weighted by molar-refractivity contribution is -0.112. The first-order chi connectivity index (χ1) is 5.55. The monoisotopic (exact) mass is 290 g/mol. The maximum Gasteiger partial charge on any atom is 0.218 e. The predicted octanol–water partition coefficient (Wildman–Crippen LogP) is 3.22. The first kappa shape index (κ1) is 9.93. The van der Waals surface area contributed by atoms with Gasteiger partial charge in [0.2, 0.25) is 4.69 Å². The summed E-state index contributed by atoms with van der Waals surface area (Å²) in [5, 5.41) is 0. The normalized spacial score (nSPS) is 15.2. The molecule has 0 spiro atoms. The van der Waals surface area contributed by atoms with Crippen molar-refractivity contribution in [3.63, 3.8) is 0 Å². The van der Waals surface area contributed by atoms with Crippen LogP contribution in [-0.4, -0.2) is 4.69 Å². The molecule has 1 unspecified atom stereocenters. The standard InChI is InChI=1S/C9H8Br2O/c1-9(11,8(10)12)7-5-3-2-4-6-7/h2-6H,1H3. The molecule has 1 rings (SSSR count). The first-order valence-electron chi connectivity index (χ1n) is 3.49. The highest BCUT2D eigenvalue weighted by Crippen LogP contribution is 2.33. The molecule has 0 aliphatic rings. The maximum absolute atomic E-state index is 11.1. The van der Waals surface area contributed by atoms with Crippen LogP contribution in [0.2, 0.25) is 0 Å². The lowest BCUT2D eigenvalue weighted by Crippen LogP contribution is -2.20. The Morgan fingerprint density at radius 2 is 1.83 bits per heavy atom. The summed E-state index contributed by atoms with van der Waals surface area (Å²) >= 11 is 6.30. The lowest BCUT2D eigenvalue weighted by Gasteiger charge is -2.17. The van der Waals surface area contributed by atoms with Crippen LogP contribution in [0.25, 0.3) is 0 Å². The SMILES string of the molecule is CC(Br)(C(=O)Br)c1ccccc1. The van der Waals surface area contributed by atoms with Gasteiger partial charge in [0.1, 0.15) is 4.32 Å². The van der Waals surface area contributed by atoms with Crippen molar-refractivity contribution < 1.29 is 4.79 Å². The Balaban J connectivity index is 3.06. The van der Waals surface area contributed by atoms with Gasteiger partial charge in [-0.25, -0.2) is 0 Å². The quantitative estimate of drug-likeness (QED) is 0.604. The molecule has 0 heterocycles. The summed E-state index contributed by atoms with van der Waals surface area (Å²) in [5.74, 6) is 0. The average molecular weight is 292 g/mol. The predicted molar refractivity (Wildman–Crippen MR) is 56.7 cm³/mol. The van der Waals surface area contributed by atoms with Crippen molar-refractivity contribution in [2.75, 3.05) is 0 Å². The molecule has 0 aliphatic heterocycles. The second kappa shape index (κ2) is 3.71. The highest BCUT2D eigenvalue weighted by atomic mass is 79.9. The van der Waals surface area contributed by atoms with Gasteiger partial charge in [0.15, 0.2) is 0 Å². The zero-order chi connectivity index (χ0) is 9.19. The summed E-state index contributed by atoms with van der Waals surface area (Å²) in [4.78, 5) is 11.1. The molecule has 0 saturated carbocycles. The van der Waals surface area contributed by atoms with Crippen molar-refractivity contribution in [3.05, 3.63) is 35.9 Å². The summed E-state index contributed by atoms with van der Waals surface area (Å²) in [6.07, 6.45) is 0. The molecule has 1 atom stereocenters. The number of rotatable bonds is 2. The van der Waals surface area contributed by atoms with Gasteiger partial charge in [0, 0.05) is 0 Å². The first-order valence-corrected chi connectivity index (χ1v) is 5.08. The molecule has 0 amide bonds. The summed E-state index contributed by atoms with van der Waals surface area (Å²) in [5.41, 5.74) is 0.951. The van der Waals surface area contributed by atoms with Gasteiger partial charge in [-0.05, 0) is 28.4 Å². The highest BCUT2D eigenvalue weighted by molar-refractivity contribution is 9.20. The van der Waals surface area contributed by atoms with Crippen LogP contribution in [0, 0.1) is 0 Å². The smallest absolute Gasteiger partial charge is 0.218 e. The topological polar surface area (TPSA) is 17.1 Å². The van der Waals surface area contributed by atoms with Gasteiger partial charge in [0.05, 0.1) is 0 Å². The number of carbonyl (C=O) groups is 1. The third-order valence-corrected chi connectivity index (χ3v) is 3.83. The Hall–Kier alpha value is -0.150. The van der Waals surface area contributed by atoms with E-state index < -0.39 is 4.32 Å². The molecule has 0 saturated heterocycles. The fourth-order valence-corrected chi connectivity index (χ4v) is 1.36. The third-order valence-electron chi connectivity index (χ3n) is 1.69. The van der Waals surface area contributed by atoms with E-state index in [1.54, 1.807) is 0 Å². The molecule has 0 bridgehead atoms. The molecule has 0 radical (unpaired) electrons. The summed E-state index contributed by atoms with van der Waals surface area (Å²) in [6, 6.07) is 9.56. The average Bonchev–Trinajstić information content (AvgIpc) is 2.06. The molecule has 0 aliphatic carbocycles. The fraction of sp³-hybridized carbons (Fsp3) is 0.222. The van der Waals surface area contributed by atoms with E-state index in [4.69, 9.17) is 0 Å². The van der Waals surface area contributed by atoms with E-state index in [-0.39, 0.29) is 4.69 Å². The highest BCUT2D eigenvalue weighted by Gasteiger charge is 2.29. The number of benzene rings is 1. The number of hydrogen-bond acceptors (Lipinski definition) is 1. The van der Waals surface area contributed by atoms with Gasteiger partial charge in [0.25, 0.3) is 0 Å². The minimum absolute atomic E-state index is 0.0683. The van der Waals surface area contributed by atoms with Crippen LogP contribution in [0.15, 0.2) is 30.3 Å². The van der Waals surface area contributed by atoms with Gasteiger partial charge in [-0.2, -0.15) is 0 Å². The maximum atomic E-state index is 11.1. The van der Waals surface area contributed by atoms with Crippen LogP contribution in [0.5, 0.6) is 0 Å². The number of hydrogen-bond donors (Lipinski definition) is 0. The van der Waals surface area contributed by atoms with Crippen LogP contribution >= 0.6 is 31.9 Å². The van der Waals surface area contributed by atoms with Gasteiger partial charge < -0.3 is 0 Å². The second-order valence-corrected chi connectivity index (χ2v) is 4.95. The van der Waals surface area contributed by atoms with Crippen molar-refractivity contribution in [2.24, 2.45) is 0 Å². The molecule has 3 heteroatoms. The summed E-state index contributed by atoms with van der Waals surface area (Å²) in [7, 11) is 0. The van der Waals surface area contributed by atoms with Gasteiger partial charge in [-0.1, -0.05) is 46.3 Å².